The van der Waals surface area contributed by atoms with Crippen molar-refractivity contribution in [2.75, 3.05) is 24.3 Å². The second-order valence-corrected chi connectivity index (χ2v) is 4.00. The lowest BCUT2D eigenvalue weighted by Crippen LogP contribution is -2.26. The number of nitrogen functional groups attached to an aromatic ring is 1. The summed E-state index contributed by atoms with van der Waals surface area (Å²) in [5, 5.41) is 1.99. The summed E-state index contributed by atoms with van der Waals surface area (Å²) >= 11 is 0. The van der Waals surface area contributed by atoms with Crippen molar-refractivity contribution in [2.24, 2.45) is 0 Å². The van der Waals surface area contributed by atoms with E-state index in [1.807, 2.05) is 30.1 Å². The van der Waals surface area contributed by atoms with Gasteiger partial charge in [0.2, 0.25) is 0 Å². The molecule has 0 amide bonds. The lowest BCUT2D eigenvalue weighted by atomic mass is 10.2. The van der Waals surface area contributed by atoms with Gasteiger partial charge in [-0.1, -0.05) is 0 Å². The molecule has 92 valence electrons. The topological polar surface area (TPSA) is 67.6 Å². The van der Waals surface area contributed by atoms with E-state index < -0.39 is 0 Å². The van der Waals surface area contributed by atoms with Gasteiger partial charge in [-0.25, -0.2) is 5.01 Å². The van der Waals surface area contributed by atoms with Gasteiger partial charge < -0.3 is 15.9 Å². The van der Waals surface area contributed by atoms with Crippen LogP contribution in [0.15, 0.2) is 18.2 Å². The number of nitrogens with zero attached hydrogens (tertiary/aromatic N) is 1. The van der Waals surface area contributed by atoms with E-state index in [9.17, 15) is 4.79 Å². The standard InChI is InChI=1S/C12H17N3O2/c1-2-17-12(16)5-6-15-8-9-7-10(13)3-4-11(9)14-15/h3-4,7,14H,2,5-6,8,13H2,1H3. The van der Waals surface area contributed by atoms with Crippen LogP contribution in [-0.4, -0.2) is 24.1 Å². The van der Waals surface area contributed by atoms with Gasteiger partial charge in [-0.3, -0.25) is 4.79 Å². The Balaban J connectivity index is 1.86. The average Bonchev–Trinajstić information content (AvgIpc) is 2.68. The Kier molecular flexibility index (Phi) is 3.49. The van der Waals surface area contributed by atoms with Crippen molar-refractivity contribution in [2.45, 2.75) is 19.9 Å². The number of hydrazine groups is 1. The van der Waals surface area contributed by atoms with Crippen LogP contribution in [0.5, 0.6) is 0 Å². The van der Waals surface area contributed by atoms with Crippen LogP contribution < -0.4 is 11.2 Å². The third-order valence-electron chi connectivity index (χ3n) is 2.66. The highest BCUT2D eigenvalue weighted by molar-refractivity contribution is 5.69. The molecule has 0 bridgehead atoms. The molecule has 1 aliphatic rings. The molecule has 0 unspecified atom stereocenters. The molecule has 0 fully saturated rings. The zero-order valence-corrected chi connectivity index (χ0v) is 9.90. The molecule has 17 heavy (non-hydrogen) atoms. The Labute approximate surface area is 101 Å². The number of benzene rings is 1. The van der Waals surface area contributed by atoms with Gasteiger partial charge in [-0.2, -0.15) is 0 Å². The molecule has 0 saturated carbocycles. The number of hydrogen-bond donors (Lipinski definition) is 2. The lowest BCUT2D eigenvalue weighted by molar-refractivity contribution is -0.143. The first-order valence-electron chi connectivity index (χ1n) is 5.74. The minimum absolute atomic E-state index is 0.162. The zero-order valence-electron chi connectivity index (χ0n) is 9.90. The van der Waals surface area contributed by atoms with E-state index in [1.165, 1.54) is 0 Å². The Hall–Kier alpha value is -1.75. The lowest BCUT2D eigenvalue weighted by Gasteiger charge is -2.15. The molecule has 3 N–H and O–H groups in total. The molecule has 0 aliphatic carbocycles. The monoisotopic (exact) mass is 235 g/mol. The third kappa shape index (κ3) is 2.88. The van der Waals surface area contributed by atoms with E-state index in [0.29, 0.717) is 19.6 Å². The van der Waals surface area contributed by atoms with Crippen LogP contribution >= 0.6 is 0 Å². The van der Waals surface area contributed by atoms with Gasteiger partial charge >= 0.3 is 5.97 Å². The Morgan fingerprint density at radius 3 is 3.18 bits per heavy atom. The van der Waals surface area contributed by atoms with E-state index in [2.05, 4.69) is 5.43 Å². The van der Waals surface area contributed by atoms with Crippen LogP contribution in [0.3, 0.4) is 0 Å². The summed E-state index contributed by atoms with van der Waals surface area (Å²) in [4.78, 5) is 11.2. The number of nitrogens with one attached hydrogen (secondary N) is 1. The SMILES string of the molecule is CCOC(=O)CCN1Cc2cc(N)ccc2N1. The summed E-state index contributed by atoms with van der Waals surface area (Å²) in [6, 6.07) is 5.77. The van der Waals surface area contributed by atoms with Crippen LogP contribution in [0, 0.1) is 0 Å². The predicted molar refractivity (Wildman–Crippen MR) is 66.1 cm³/mol. The second kappa shape index (κ2) is 5.05. The molecule has 2 rings (SSSR count). The molecule has 1 aromatic rings. The normalized spacial score (nSPS) is 14.2. The summed E-state index contributed by atoms with van der Waals surface area (Å²) in [5.74, 6) is -0.162. The highest BCUT2D eigenvalue weighted by Gasteiger charge is 2.18. The molecule has 1 aromatic carbocycles. The van der Waals surface area contributed by atoms with Crippen molar-refractivity contribution < 1.29 is 9.53 Å². The molecule has 0 atom stereocenters. The van der Waals surface area contributed by atoms with Crippen molar-refractivity contribution >= 4 is 17.3 Å². The fourth-order valence-corrected chi connectivity index (χ4v) is 1.86. The molecule has 1 aliphatic heterocycles. The van der Waals surface area contributed by atoms with Gasteiger partial charge in [0.25, 0.3) is 0 Å². The largest absolute Gasteiger partial charge is 0.466 e. The number of hydrogen-bond acceptors (Lipinski definition) is 5. The molecular weight excluding hydrogens is 218 g/mol. The smallest absolute Gasteiger partial charge is 0.307 e. The predicted octanol–water partition coefficient (Wildman–Crippen LogP) is 1.36. The van der Waals surface area contributed by atoms with E-state index >= 15 is 0 Å². The van der Waals surface area contributed by atoms with Crippen molar-refractivity contribution in [3.63, 3.8) is 0 Å². The number of fused-ring (bicyclic) bond motifs is 1. The summed E-state index contributed by atoms with van der Waals surface area (Å²) in [5.41, 5.74) is 11.9. The molecule has 1 heterocycles. The third-order valence-corrected chi connectivity index (χ3v) is 2.66. The van der Waals surface area contributed by atoms with Gasteiger partial charge in [0.1, 0.15) is 0 Å². The summed E-state index contributed by atoms with van der Waals surface area (Å²) < 4.78 is 4.88. The number of carbonyl (C=O) groups excluding carboxylic acids is 1. The fraction of sp³-hybridized carbons (Fsp3) is 0.417. The first-order chi connectivity index (χ1) is 8.19. The maximum atomic E-state index is 11.2. The summed E-state index contributed by atoms with van der Waals surface area (Å²) in [7, 11) is 0. The summed E-state index contributed by atoms with van der Waals surface area (Å²) in [6.07, 6.45) is 0.393. The van der Waals surface area contributed by atoms with Crippen molar-refractivity contribution in [3.05, 3.63) is 23.8 Å². The summed E-state index contributed by atoms with van der Waals surface area (Å²) in [6.45, 7) is 3.64. The molecule has 0 saturated heterocycles. The molecular formula is C12H17N3O2. The van der Waals surface area contributed by atoms with Crippen LogP contribution in [-0.2, 0) is 16.1 Å². The minimum atomic E-state index is -0.162. The Bertz CT molecular complexity index is 420. The quantitative estimate of drug-likeness (QED) is 0.609. The van der Waals surface area contributed by atoms with E-state index in [1.54, 1.807) is 0 Å². The number of ether oxygens (including phenoxy) is 1. The average molecular weight is 235 g/mol. The second-order valence-electron chi connectivity index (χ2n) is 4.00. The molecule has 5 heteroatoms. The highest BCUT2D eigenvalue weighted by atomic mass is 16.5. The van der Waals surface area contributed by atoms with Crippen molar-refractivity contribution in [1.82, 2.24) is 5.01 Å². The molecule has 5 nitrogen and oxygen atoms in total. The van der Waals surface area contributed by atoms with Crippen LogP contribution in [0.2, 0.25) is 0 Å². The minimum Gasteiger partial charge on any atom is -0.466 e. The van der Waals surface area contributed by atoms with Gasteiger partial charge in [0.15, 0.2) is 0 Å². The number of anilines is 2. The van der Waals surface area contributed by atoms with Gasteiger partial charge in [-0.05, 0) is 30.7 Å². The van der Waals surface area contributed by atoms with Gasteiger partial charge in [0.05, 0.1) is 18.7 Å². The zero-order chi connectivity index (χ0) is 12.3. The first-order valence-corrected chi connectivity index (χ1v) is 5.74. The van der Waals surface area contributed by atoms with Gasteiger partial charge in [0, 0.05) is 18.8 Å². The molecule has 0 radical (unpaired) electrons. The fourth-order valence-electron chi connectivity index (χ4n) is 1.86. The highest BCUT2D eigenvalue weighted by Crippen LogP contribution is 2.26. The molecule has 0 aromatic heterocycles. The van der Waals surface area contributed by atoms with Crippen LogP contribution in [0.1, 0.15) is 18.9 Å². The van der Waals surface area contributed by atoms with Crippen molar-refractivity contribution in [3.8, 4) is 0 Å². The Morgan fingerprint density at radius 1 is 1.59 bits per heavy atom. The Morgan fingerprint density at radius 2 is 2.41 bits per heavy atom. The van der Waals surface area contributed by atoms with E-state index in [-0.39, 0.29) is 5.97 Å². The number of rotatable bonds is 4. The van der Waals surface area contributed by atoms with E-state index in [4.69, 9.17) is 10.5 Å². The first kappa shape index (κ1) is 11.7. The van der Waals surface area contributed by atoms with Crippen LogP contribution in [0.4, 0.5) is 11.4 Å². The number of nitrogens with two attached hydrogens (primary N) is 1. The van der Waals surface area contributed by atoms with Crippen molar-refractivity contribution in [1.29, 1.82) is 0 Å². The molecule has 0 spiro atoms. The maximum Gasteiger partial charge on any atom is 0.307 e. The van der Waals surface area contributed by atoms with Gasteiger partial charge in [-0.15, -0.1) is 0 Å². The van der Waals surface area contributed by atoms with Crippen LogP contribution in [0.25, 0.3) is 0 Å². The number of carbonyl (C=O) groups is 1. The number of esters is 1. The maximum absolute atomic E-state index is 11.2. The van der Waals surface area contributed by atoms with E-state index in [0.717, 1.165) is 23.5 Å².